The lowest BCUT2D eigenvalue weighted by molar-refractivity contribution is -0.115. The average molecular weight is 413 g/mol. The van der Waals surface area contributed by atoms with Gasteiger partial charge in [0.15, 0.2) is 0 Å². The molecule has 0 radical (unpaired) electrons. The SMILES string of the molecule is COc1ccc([C@@H]2[C@H]3CCCC[C@]3(O)CCN2C(=O)c2ccc(F)cc2)c(OC)c1. The minimum Gasteiger partial charge on any atom is -0.497 e. The number of amides is 1. The Morgan fingerprint density at radius 3 is 2.57 bits per heavy atom. The van der Waals surface area contributed by atoms with E-state index in [2.05, 4.69) is 0 Å². The fourth-order valence-electron chi connectivity index (χ4n) is 5.12. The Balaban J connectivity index is 1.79. The van der Waals surface area contributed by atoms with Crippen LogP contribution in [0.4, 0.5) is 4.39 Å². The first kappa shape index (κ1) is 20.7. The fourth-order valence-corrected chi connectivity index (χ4v) is 5.12. The van der Waals surface area contributed by atoms with Crippen molar-refractivity contribution in [1.29, 1.82) is 0 Å². The van der Waals surface area contributed by atoms with Gasteiger partial charge in [-0.25, -0.2) is 4.39 Å². The number of carbonyl (C=O) groups is 1. The van der Waals surface area contributed by atoms with Crippen LogP contribution in [0.25, 0.3) is 0 Å². The minimum absolute atomic E-state index is 0.0910. The van der Waals surface area contributed by atoms with Crippen molar-refractivity contribution in [3.05, 3.63) is 59.4 Å². The van der Waals surface area contributed by atoms with Gasteiger partial charge in [-0.2, -0.15) is 0 Å². The lowest BCUT2D eigenvalue weighted by Crippen LogP contribution is -2.56. The molecule has 0 spiro atoms. The molecule has 2 aliphatic rings. The zero-order chi connectivity index (χ0) is 21.3. The lowest BCUT2D eigenvalue weighted by atomic mass is 9.66. The van der Waals surface area contributed by atoms with Gasteiger partial charge in [0.25, 0.3) is 5.91 Å². The summed E-state index contributed by atoms with van der Waals surface area (Å²) in [5.74, 6) is 0.671. The quantitative estimate of drug-likeness (QED) is 0.810. The number of likely N-dealkylation sites (tertiary alicyclic amines) is 1. The summed E-state index contributed by atoms with van der Waals surface area (Å²) in [7, 11) is 3.19. The third-order valence-corrected chi connectivity index (χ3v) is 6.68. The predicted molar refractivity (Wildman–Crippen MR) is 111 cm³/mol. The number of hydrogen-bond acceptors (Lipinski definition) is 4. The molecule has 5 nitrogen and oxygen atoms in total. The molecule has 1 aliphatic heterocycles. The van der Waals surface area contributed by atoms with Gasteiger partial charge >= 0.3 is 0 Å². The molecule has 1 aliphatic carbocycles. The number of hydrogen-bond donors (Lipinski definition) is 1. The van der Waals surface area contributed by atoms with E-state index in [1.54, 1.807) is 14.2 Å². The summed E-state index contributed by atoms with van der Waals surface area (Å²) in [5, 5.41) is 11.4. The smallest absolute Gasteiger partial charge is 0.254 e. The number of rotatable bonds is 4. The molecule has 2 aromatic rings. The molecule has 1 saturated carbocycles. The Morgan fingerprint density at radius 2 is 1.87 bits per heavy atom. The van der Waals surface area contributed by atoms with Crippen LogP contribution in [-0.2, 0) is 0 Å². The highest BCUT2D eigenvalue weighted by atomic mass is 19.1. The molecule has 30 heavy (non-hydrogen) atoms. The number of halogens is 1. The number of methoxy groups -OCH3 is 2. The second kappa shape index (κ2) is 8.26. The van der Waals surface area contributed by atoms with Gasteiger partial charge in [0.2, 0.25) is 0 Å². The van der Waals surface area contributed by atoms with E-state index in [-0.39, 0.29) is 23.7 Å². The van der Waals surface area contributed by atoms with E-state index < -0.39 is 5.60 Å². The first-order valence-corrected chi connectivity index (χ1v) is 10.5. The van der Waals surface area contributed by atoms with Gasteiger partial charge in [-0.05, 0) is 55.7 Å². The normalized spacial score (nSPS) is 26.1. The maximum absolute atomic E-state index is 13.5. The summed E-state index contributed by atoms with van der Waals surface area (Å²) in [6.45, 7) is 0.434. The van der Waals surface area contributed by atoms with E-state index in [0.717, 1.165) is 31.2 Å². The zero-order valence-electron chi connectivity index (χ0n) is 17.4. The van der Waals surface area contributed by atoms with Crippen LogP contribution in [-0.4, -0.2) is 42.3 Å². The largest absolute Gasteiger partial charge is 0.497 e. The molecule has 1 saturated heterocycles. The van der Waals surface area contributed by atoms with E-state index in [0.29, 0.717) is 30.0 Å². The molecule has 4 rings (SSSR count). The van der Waals surface area contributed by atoms with Crippen molar-refractivity contribution in [2.75, 3.05) is 20.8 Å². The third kappa shape index (κ3) is 3.65. The molecule has 2 fully saturated rings. The Morgan fingerprint density at radius 1 is 1.10 bits per heavy atom. The molecule has 3 atom stereocenters. The van der Waals surface area contributed by atoms with Crippen LogP contribution in [0.3, 0.4) is 0 Å². The predicted octanol–water partition coefficient (Wildman–Crippen LogP) is 4.35. The summed E-state index contributed by atoms with van der Waals surface area (Å²) in [6.07, 6.45) is 4.13. The van der Waals surface area contributed by atoms with Crippen molar-refractivity contribution in [3.63, 3.8) is 0 Å². The van der Waals surface area contributed by atoms with Gasteiger partial charge < -0.3 is 19.5 Å². The summed E-state index contributed by atoms with van der Waals surface area (Å²) >= 11 is 0. The number of benzene rings is 2. The van der Waals surface area contributed by atoms with E-state index in [9.17, 15) is 14.3 Å². The van der Waals surface area contributed by atoms with E-state index in [1.165, 1.54) is 24.3 Å². The second-order valence-corrected chi connectivity index (χ2v) is 8.26. The topological polar surface area (TPSA) is 59.0 Å². The van der Waals surface area contributed by atoms with Gasteiger partial charge in [0.05, 0.1) is 25.9 Å². The molecule has 0 unspecified atom stereocenters. The van der Waals surface area contributed by atoms with Crippen LogP contribution in [0.15, 0.2) is 42.5 Å². The average Bonchev–Trinajstić information content (AvgIpc) is 2.77. The van der Waals surface area contributed by atoms with E-state index in [4.69, 9.17) is 9.47 Å². The molecule has 2 aromatic carbocycles. The maximum atomic E-state index is 13.5. The van der Waals surface area contributed by atoms with Crippen molar-refractivity contribution in [3.8, 4) is 11.5 Å². The fraction of sp³-hybridized carbons (Fsp3) is 0.458. The van der Waals surface area contributed by atoms with Crippen molar-refractivity contribution < 1.29 is 23.8 Å². The van der Waals surface area contributed by atoms with Crippen LogP contribution in [0, 0.1) is 11.7 Å². The first-order valence-electron chi connectivity index (χ1n) is 10.5. The highest BCUT2D eigenvalue weighted by molar-refractivity contribution is 5.94. The van der Waals surface area contributed by atoms with Gasteiger partial charge in [-0.3, -0.25) is 4.79 Å². The van der Waals surface area contributed by atoms with Crippen molar-refractivity contribution in [1.82, 2.24) is 4.90 Å². The molecule has 0 bridgehead atoms. The number of carbonyl (C=O) groups excluding carboxylic acids is 1. The summed E-state index contributed by atoms with van der Waals surface area (Å²) in [4.78, 5) is 15.3. The van der Waals surface area contributed by atoms with Gasteiger partial charge in [-0.15, -0.1) is 0 Å². The molecular formula is C24H28FNO4. The summed E-state index contributed by atoms with van der Waals surface area (Å²) < 4.78 is 24.4. The van der Waals surface area contributed by atoms with E-state index >= 15 is 0 Å². The summed E-state index contributed by atoms with van der Waals surface area (Å²) in [6, 6.07) is 10.9. The number of piperidine rings is 1. The van der Waals surface area contributed by atoms with Crippen LogP contribution < -0.4 is 9.47 Å². The highest BCUT2D eigenvalue weighted by Crippen LogP contribution is 2.51. The molecule has 160 valence electrons. The van der Waals surface area contributed by atoms with Crippen molar-refractivity contribution >= 4 is 5.91 Å². The minimum atomic E-state index is -0.798. The zero-order valence-corrected chi connectivity index (χ0v) is 17.4. The molecule has 0 aromatic heterocycles. The van der Waals surface area contributed by atoms with Crippen LogP contribution >= 0.6 is 0 Å². The number of ether oxygens (including phenoxy) is 2. The standard InChI is InChI=1S/C24H28FNO4/c1-29-18-10-11-19(21(15-18)30-2)22-20-5-3-4-12-24(20,28)13-14-26(22)23(27)16-6-8-17(25)9-7-16/h6-11,15,20,22,28H,3-5,12-14H2,1-2H3/t20-,22-,24+/m1/s1. The molecule has 1 heterocycles. The van der Waals surface area contributed by atoms with Crippen molar-refractivity contribution in [2.45, 2.75) is 43.7 Å². The van der Waals surface area contributed by atoms with Gasteiger partial charge in [0.1, 0.15) is 17.3 Å². The van der Waals surface area contributed by atoms with Crippen LogP contribution in [0.1, 0.15) is 54.1 Å². The monoisotopic (exact) mass is 413 g/mol. The Labute approximate surface area is 176 Å². The Hall–Kier alpha value is -2.60. The van der Waals surface area contributed by atoms with Crippen LogP contribution in [0.5, 0.6) is 11.5 Å². The van der Waals surface area contributed by atoms with Gasteiger partial charge in [0, 0.05) is 29.7 Å². The highest BCUT2D eigenvalue weighted by Gasteiger charge is 2.50. The third-order valence-electron chi connectivity index (χ3n) is 6.68. The Kier molecular flexibility index (Phi) is 5.69. The molecule has 1 N–H and O–H groups in total. The lowest BCUT2D eigenvalue weighted by Gasteiger charge is -2.52. The van der Waals surface area contributed by atoms with E-state index in [1.807, 2.05) is 23.1 Å². The first-order chi connectivity index (χ1) is 14.5. The number of aliphatic hydroxyl groups is 1. The van der Waals surface area contributed by atoms with Gasteiger partial charge in [-0.1, -0.05) is 12.8 Å². The second-order valence-electron chi connectivity index (χ2n) is 8.26. The molecular weight excluding hydrogens is 385 g/mol. The molecule has 6 heteroatoms. The van der Waals surface area contributed by atoms with Crippen LogP contribution in [0.2, 0.25) is 0 Å². The van der Waals surface area contributed by atoms with Crippen molar-refractivity contribution in [2.24, 2.45) is 5.92 Å². The number of nitrogens with zero attached hydrogens (tertiary/aromatic N) is 1. The Bertz CT molecular complexity index is 916. The summed E-state index contributed by atoms with van der Waals surface area (Å²) in [5.41, 5.74) is 0.502. The molecule has 1 amide bonds. The number of fused-ring (bicyclic) bond motifs is 1. The maximum Gasteiger partial charge on any atom is 0.254 e.